The Kier molecular flexibility index (Phi) is 3.86. The molecule has 0 spiro atoms. The summed E-state index contributed by atoms with van der Waals surface area (Å²) in [5.41, 5.74) is 5.59. The van der Waals surface area contributed by atoms with Gasteiger partial charge in [0.1, 0.15) is 4.34 Å². The molecular formula is C7H5Cl3NOS. The predicted molar refractivity (Wildman–Crippen MR) is 56.5 cm³/mol. The largest absolute Gasteiger partial charge is 0.369 e. The first kappa shape index (κ1) is 11.1. The van der Waals surface area contributed by atoms with Gasteiger partial charge in [0.25, 0.3) is 0 Å². The molecule has 1 heterocycles. The number of hydrogen-bond acceptors (Lipinski definition) is 2. The van der Waals surface area contributed by atoms with Gasteiger partial charge in [-0.15, -0.1) is 11.3 Å². The average molecular weight is 258 g/mol. The normalized spacial score (nSPS) is 10.4. The molecule has 6 heteroatoms. The molecule has 1 aromatic heterocycles. The van der Waals surface area contributed by atoms with Gasteiger partial charge in [0.15, 0.2) is 0 Å². The third-order valence-corrected chi connectivity index (χ3v) is 3.68. The summed E-state index contributed by atoms with van der Waals surface area (Å²) in [6.07, 6.45) is 1.62. The van der Waals surface area contributed by atoms with Crippen LogP contribution in [-0.2, 0) is 11.2 Å². The van der Waals surface area contributed by atoms with Crippen molar-refractivity contribution >= 4 is 52.0 Å². The lowest BCUT2D eigenvalue weighted by Crippen LogP contribution is -2.12. The second-order valence-electron chi connectivity index (χ2n) is 2.25. The summed E-state index contributed by atoms with van der Waals surface area (Å²) in [5.74, 6) is -0.505. The highest BCUT2D eigenvalue weighted by Crippen LogP contribution is 2.40. The summed E-state index contributed by atoms with van der Waals surface area (Å²) in [5, 5.41) is 0.397. The summed E-state index contributed by atoms with van der Waals surface area (Å²) >= 11 is 18.5. The van der Waals surface area contributed by atoms with E-state index in [0.29, 0.717) is 25.7 Å². The summed E-state index contributed by atoms with van der Waals surface area (Å²) in [6.45, 7) is 0. The van der Waals surface area contributed by atoms with Gasteiger partial charge in [0, 0.05) is 5.56 Å². The Morgan fingerprint density at radius 3 is 2.38 bits per heavy atom. The van der Waals surface area contributed by atoms with Crippen LogP contribution in [0, 0.1) is 6.42 Å². The monoisotopic (exact) mass is 256 g/mol. The summed E-state index contributed by atoms with van der Waals surface area (Å²) < 4.78 is 0.923. The number of hydrogen-bond donors (Lipinski definition) is 1. The minimum Gasteiger partial charge on any atom is -0.369 e. The molecule has 1 aromatic rings. The first-order valence-electron chi connectivity index (χ1n) is 3.27. The van der Waals surface area contributed by atoms with E-state index in [1.165, 1.54) is 17.8 Å². The number of nitrogens with two attached hydrogens (primary N) is 1. The van der Waals surface area contributed by atoms with Gasteiger partial charge in [-0.2, -0.15) is 0 Å². The molecule has 1 rings (SSSR count). The van der Waals surface area contributed by atoms with Crippen LogP contribution in [-0.4, -0.2) is 5.91 Å². The van der Waals surface area contributed by atoms with Crippen molar-refractivity contribution in [3.63, 3.8) is 0 Å². The molecule has 1 amide bonds. The van der Waals surface area contributed by atoms with Crippen LogP contribution in [0.2, 0.25) is 13.7 Å². The van der Waals surface area contributed by atoms with Crippen LogP contribution >= 0.6 is 46.1 Å². The third kappa shape index (κ3) is 2.74. The lowest BCUT2D eigenvalue weighted by Gasteiger charge is -1.96. The number of thiophene rings is 1. The summed E-state index contributed by atoms with van der Waals surface area (Å²) in [7, 11) is 0. The van der Waals surface area contributed by atoms with Crippen molar-refractivity contribution < 1.29 is 4.79 Å². The maximum absolute atomic E-state index is 10.5. The van der Waals surface area contributed by atoms with E-state index in [-0.39, 0.29) is 0 Å². The van der Waals surface area contributed by atoms with Gasteiger partial charge in [-0.25, -0.2) is 0 Å². The topological polar surface area (TPSA) is 43.1 Å². The zero-order valence-corrected chi connectivity index (χ0v) is 9.40. The molecule has 0 saturated heterocycles. The van der Waals surface area contributed by atoms with Crippen molar-refractivity contribution in [2.24, 2.45) is 5.73 Å². The molecule has 0 fully saturated rings. The van der Waals surface area contributed by atoms with Crippen molar-refractivity contribution in [1.82, 2.24) is 0 Å². The molecule has 1 radical (unpaired) electrons. The van der Waals surface area contributed by atoms with E-state index >= 15 is 0 Å². The van der Waals surface area contributed by atoms with Crippen molar-refractivity contribution in [2.75, 3.05) is 0 Å². The lowest BCUT2D eigenvalue weighted by molar-refractivity contribution is -0.115. The van der Waals surface area contributed by atoms with Gasteiger partial charge < -0.3 is 5.73 Å². The highest BCUT2D eigenvalue weighted by molar-refractivity contribution is 7.20. The van der Waals surface area contributed by atoms with Crippen LogP contribution in [0.25, 0.3) is 0 Å². The smallest absolute Gasteiger partial charge is 0.221 e. The zero-order valence-electron chi connectivity index (χ0n) is 6.31. The number of primary amides is 1. The molecule has 0 aliphatic rings. The Hall–Kier alpha value is 0.0400. The fraction of sp³-hybridized carbons (Fsp3) is 0.143. The Morgan fingerprint density at radius 1 is 1.38 bits per heavy atom. The number of rotatable bonds is 3. The van der Waals surface area contributed by atoms with Gasteiger partial charge in [-0.1, -0.05) is 34.8 Å². The van der Waals surface area contributed by atoms with Crippen molar-refractivity contribution in [2.45, 2.75) is 6.42 Å². The predicted octanol–water partition coefficient (Wildman–Crippen LogP) is 2.94. The molecule has 13 heavy (non-hydrogen) atoms. The second-order valence-corrected chi connectivity index (χ2v) is 4.86. The van der Waals surface area contributed by atoms with E-state index in [1.54, 1.807) is 0 Å². The van der Waals surface area contributed by atoms with Gasteiger partial charge in [0.05, 0.1) is 15.8 Å². The first-order valence-corrected chi connectivity index (χ1v) is 5.22. The maximum Gasteiger partial charge on any atom is 0.221 e. The van der Waals surface area contributed by atoms with Crippen LogP contribution in [0.3, 0.4) is 0 Å². The molecule has 2 nitrogen and oxygen atoms in total. The number of carbonyl (C=O) groups excluding carboxylic acids is 1. The fourth-order valence-corrected chi connectivity index (χ4v) is 2.70. The maximum atomic E-state index is 10.5. The number of carbonyl (C=O) groups is 1. The summed E-state index contributed by atoms with van der Waals surface area (Å²) in [6, 6.07) is 0. The van der Waals surface area contributed by atoms with E-state index in [1.807, 2.05) is 0 Å². The molecule has 0 aromatic carbocycles. The van der Waals surface area contributed by atoms with E-state index in [9.17, 15) is 4.79 Å². The molecule has 0 atom stereocenters. The third-order valence-electron chi connectivity index (χ3n) is 1.36. The van der Waals surface area contributed by atoms with Crippen LogP contribution in [0.1, 0.15) is 5.56 Å². The first-order chi connectivity index (χ1) is 6.02. The van der Waals surface area contributed by atoms with E-state index in [0.717, 1.165) is 0 Å². The highest BCUT2D eigenvalue weighted by atomic mass is 35.5. The number of halogens is 3. The SMILES string of the molecule is NC(=O)[CH]Cc1c(Cl)sc(Cl)c1Cl. The van der Waals surface area contributed by atoms with Gasteiger partial charge in [-0.3, -0.25) is 4.79 Å². The van der Waals surface area contributed by atoms with Crippen molar-refractivity contribution in [1.29, 1.82) is 0 Å². The fourth-order valence-electron chi connectivity index (χ4n) is 0.762. The molecule has 0 saturated carbocycles. The lowest BCUT2D eigenvalue weighted by atomic mass is 10.2. The van der Waals surface area contributed by atoms with Crippen LogP contribution in [0.5, 0.6) is 0 Å². The van der Waals surface area contributed by atoms with Crippen LogP contribution in [0.4, 0.5) is 0 Å². The second kappa shape index (κ2) is 4.51. The Bertz CT molecular complexity index is 337. The Balaban J connectivity index is 2.81. The highest BCUT2D eigenvalue weighted by Gasteiger charge is 2.14. The molecule has 0 aliphatic heterocycles. The van der Waals surface area contributed by atoms with Gasteiger partial charge in [-0.05, 0) is 6.42 Å². The van der Waals surface area contributed by atoms with Crippen LogP contribution in [0.15, 0.2) is 0 Å². The standard InChI is InChI=1S/C7H5Cl3NOS/c8-5-3(1-2-4(11)12)6(9)13-7(5)10/h2H,1H2,(H2,11,12). The molecular weight excluding hydrogens is 253 g/mol. The quantitative estimate of drug-likeness (QED) is 0.889. The van der Waals surface area contributed by atoms with Crippen molar-refractivity contribution in [3.05, 3.63) is 25.7 Å². The molecule has 0 unspecified atom stereocenters. The van der Waals surface area contributed by atoms with Crippen molar-refractivity contribution in [3.8, 4) is 0 Å². The van der Waals surface area contributed by atoms with E-state index in [2.05, 4.69) is 0 Å². The minimum absolute atomic E-state index is 0.316. The number of amides is 1. The van der Waals surface area contributed by atoms with Gasteiger partial charge >= 0.3 is 0 Å². The van der Waals surface area contributed by atoms with E-state index < -0.39 is 5.91 Å². The van der Waals surface area contributed by atoms with E-state index in [4.69, 9.17) is 40.5 Å². The summed E-state index contributed by atoms with van der Waals surface area (Å²) in [4.78, 5) is 10.5. The average Bonchev–Trinajstić information content (AvgIpc) is 2.24. The molecule has 0 aliphatic carbocycles. The van der Waals surface area contributed by atoms with Crippen LogP contribution < -0.4 is 5.73 Å². The van der Waals surface area contributed by atoms with Gasteiger partial charge in [0.2, 0.25) is 5.91 Å². The molecule has 2 N–H and O–H groups in total. The zero-order chi connectivity index (χ0) is 10.0. The Labute approximate surface area is 94.6 Å². The molecule has 71 valence electrons. The Morgan fingerprint density at radius 2 is 2.00 bits per heavy atom. The molecule has 0 bridgehead atoms. The minimum atomic E-state index is -0.505.